The average Bonchev–Trinajstić information content (AvgIpc) is 2.32. The molecule has 3 unspecified atom stereocenters. The van der Waals surface area contributed by atoms with Gasteiger partial charge in [-0.2, -0.15) is 0 Å². The second-order valence-corrected chi connectivity index (χ2v) is 8.24. The zero-order valence-corrected chi connectivity index (χ0v) is 12.9. The second-order valence-electron chi connectivity index (χ2n) is 6.26. The smallest absolute Gasteiger partial charge is 0.211 e. The number of nitrogens with two attached hydrogens (primary N) is 1. The van der Waals surface area contributed by atoms with Crippen LogP contribution in [0, 0.1) is 5.92 Å². The molecule has 0 saturated carbocycles. The fourth-order valence-electron chi connectivity index (χ4n) is 3.34. The summed E-state index contributed by atoms with van der Waals surface area (Å²) in [5.41, 5.74) is 5.99. The van der Waals surface area contributed by atoms with Crippen molar-refractivity contribution in [2.45, 2.75) is 44.7 Å². The van der Waals surface area contributed by atoms with Crippen LogP contribution in [-0.2, 0) is 10.0 Å². The Labute approximate surface area is 117 Å². The number of sulfonamides is 1. The minimum atomic E-state index is -3.03. The van der Waals surface area contributed by atoms with Crippen molar-refractivity contribution in [2.24, 2.45) is 11.7 Å². The third-order valence-corrected chi connectivity index (χ3v) is 5.77. The molecule has 3 atom stereocenters. The van der Waals surface area contributed by atoms with Crippen LogP contribution in [0.4, 0.5) is 0 Å². The summed E-state index contributed by atoms with van der Waals surface area (Å²) in [6, 6.07) is 0.863. The summed E-state index contributed by atoms with van der Waals surface area (Å²) in [6.07, 6.45) is 5.56. The van der Waals surface area contributed by atoms with Crippen LogP contribution in [0.5, 0.6) is 0 Å². The average molecular weight is 289 g/mol. The van der Waals surface area contributed by atoms with Crippen molar-refractivity contribution in [3.63, 3.8) is 0 Å². The number of hydrogen-bond acceptors (Lipinski definition) is 4. The Morgan fingerprint density at radius 3 is 2.63 bits per heavy atom. The first-order chi connectivity index (χ1) is 8.86. The van der Waals surface area contributed by atoms with Crippen molar-refractivity contribution in [1.82, 2.24) is 9.21 Å². The minimum Gasteiger partial charge on any atom is -0.328 e. The van der Waals surface area contributed by atoms with Crippen LogP contribution in [-0.4, -0.2) is 62.1 Å². The first kappa shape index (κ1) is 15.2. The zero-order valence-electron chi connectivity index (χ0n) is 12.1. The quantitative estimate of drug-likeness (QED) is 0.820. The summed E-state index contributed by atoms with van der Waals surface area (Å²) in [5.74, 6) is 0.472. The molecule has 112 valence electrons. The van der Waals surface area contributed by atoms with Crippen molar-refractivity contribution in [2.75, 3.05) is 32.4 Å². The van der Waals surface area contributed by atoms with Gasteiger partial charge in [0.1, 0.15) is 0 Å². The Hall–Kier alpha value is -0.170. The van der Waals surface area contributed by atoms with Crippen LogP contribution >= 0.6 is 0 Å². The normalized spacial score (nSPS) is 35.4. The number of rotatable bonds is 3. The van der Waals surface area contributed by atoms with Gasteiger partial charge in [-0.25, -0.2) is 12.7 Å². The van der Waals surface area contributed by atoms with Crippen LogP contribution < -0.4 is 5.73 Å². The van der Waals surface area contributed by atoms with Crippen LogP contribution in [0.1, 0.15) is 32.6 Å². The lowest BCUT2D eigenvalue weighted by Gasteiger charge is -2.40. The van der Waals surface area contributed by atoms with Crippen molar-refractivity contribution >= 4 is 10.0 Å². The summed E-state index contributed by atoms with van der Waals surface area (Å²) in [4.78, 5) is 2.49. The summed E-state index contributed by atoms with van der Waals surface area (Å²) in [7, 11) is -3.03. The molecule has 2 aliphatic rings. The third-order valence-electron chi connectivity index (χ3n) is 4.50. The van der Waals surface area contributed by atoms with Gasteiger partial charge in [-0.15, -0.1) is 0 Å². The molecule has 0 amide bonds. The van der Waals surface area contributed by atoms with E-state index in [-0.39, 0.29) is 0 Å². The minimum absolute atomic E-state index is 0.338. The van der Waals surface area contributed by atoms with Crippen molar-refractivity contribution in [3.8, 4) is 0 Å². The molecule has 2 heterocycles. The van der Waals surface area contributed by atoms with Crippen molar-refractivity contribution < 1.29 is 8.42 Å². The Balaban J connectivity index is 1.89. The number of hydrogen-bond donors (Lipinski definition) is 1. The number of piperidine rings is 2. The highest BCUT2D eigenvalue weighted by Gasteiger charge is 2.30. The monoisotopic (exact) mass is 289 g/mol. The highest BCUT2D eigenvalue weighted by Crippen LogP contribution is 2.23. The van der Waals surface area contributed by atoms with E-state index in [9.17, 15) is 8.42 Å². The van der Waals surface area contributed by atoms with E-state index in [0.29, 0.717) is 31.1 Å². The highest BCUT2D eigenvalue weighted by atomic mass is 32.2. The molecule has 2 aliphatic heterocycles. The topological polar surface area (TPSA) is 66.6 Å². The Morgan fingerprint density at radius 2 is 2.00 bits per heavy atom. The Kier molecular flexibility index (Phi) is 4.87. The SMILES string of the molecule is CC1CC(N)CCN1CC1CCCN(S(C)(=O)=O)C1. The van der Waals surface area contributed by atoms with E-state index in [1.165, 1.54) is 6.26 Å². The molecule has 0 aromatic rings. The largest absolute Gasteiger partial charge is 0.328 e. The first-order valence-electron chi connectivity index (χ1n) is 7.31. The van der Waals surface area contributed by atoms with Crippen molar-refractivity contribution in [1.29, 1.82) is 0 Å². The van der Waals surface area contributed by atoms with Gasteiger partial charge >= 0.3 is 0 Å². The molecule has 5 nitrogen and oxygen atoms in total. The van der Waals surface area contributed by atoms with Gasteiger partial charge in [-0.05, 0) is 45.1 Å². The van der Waals surface area contributed by atoms with Crippen LogP contribution in [0.3, 0.4) is 0 Å². The molecule has 0 radical (unpaired) electrons. The molecule has 0 aromatic carbocycles. The maximum atomic E-state index is 11.6. The standard InChI is InChI=1S/C13H27N3O2S/c1-11-8-13(14)5-7-15(11)9-12-4-3-6-16(10-12)19(2,17)18/h11-13H,3-10,14H2,1-2H3. The second kappa shape index (κ2) is 6.08. The molecule has 0 aromatic heterocycles. The summed E-state index contributed by atoms with van der Waals surface area (Å²) >= 11 is 0. The van der Waals surface area contributed by atoms with Gasteiger partial charge in [0.2, 0.25) is 10.0 Å². The highest BCUT2D eigenvalue weighted by molar-refractivity contribution is 7.88. The molecule has 0 spiro atoms. The molecule has 0 aliphatic carbocycles. The molecule has 19 heavy (non-hydrogen) atoms. The molecular formula is C13H27N3O2S. The van der Waals surface area contributed by atoms with E-state index in [0.717, 1.165) is 38.8 Å². The number of likely N-dealkylation sites (tertiary alicyclic amines) is 1. The van der Waals surface area contributed by atoms with E-state index in [2.05, 4.69) is 11.8 Å². The Bertz CT molecular complexity index is 399. The van der Waals surface area contributed by atoms with Crippen LogP contribution in [0.25, 0.3) is 0 Å². The zero-order chi connectivity index (χ0) is 14.0. The molecule has 0 bridgehead atoms. The maximum absolute atomic E-state index is 11.6. The number of nitrogens with zero attached hydrogens (tertiary/aromatic N) is 2. The van der Waals surface area contributed by atoms with E-state index in [4.69, 9.17) is 5.73 Å². The lowest BCUT2D eigenvalue weighted by atomic mass is 9.94. The molecular weight excluding hydrogens is 262 g/mol. The molecule has 2 N–H and O–H groups in total. The fourth-order valence-corrected chi connectivity index (χ4v) is 4.28. The molecule has 2 fully saturated rings. The summed E-state index contributed by atoms with van der Waals surface area (Å²) < 4.78 is 24.9. The predicted octanol–water partition coefficient (Wildman–Crippen LogP) is 0.470. The van der Waals surface area contributed by atoms with Gasteiger partial charge in [0.15, 0.2) is 0 Å². The van der Waals surface area contributed by atoms with E-state index in [1.54, 1.807) is 4.31 Å². The Morgan fingerprint density at radius 1 is 1.26 bits per heavy atom. The maximum Gasteiger partial charge on any atom is 0.211 e. The molecule has 2 rings (SSSR count). The van der Waals surface area contributed by atoms with E-state index >= 15 is 0 Å². The first-order valence-corrected chi connectivity index (χ1v) is 9.16. The van der Waals surface area contributed by atoms with Crippen LogP contribution in [0.2, 0.25) is 0 Å². The van der Waals surface area contributed by atoms with Gasteiger partial charge in [0.25, 0.3) is 0 Å². The van der Waals surface area contributed by atoms with Crippen LogP contribution in [0.15, 0.2) is 0 Å². The van der Waals surface area contributed by atoms with Gasteiger partial charge < -0.3 is 10.6 Å². The summed E-state index contributed by atoms with van der Waals surface area (Å²) in [6.45, 7) is 5.68. The van der Waals surface area contributed by atoms with Gasteiger partial charge in [0, 0.05) is 31.7 Å². The molecule has 6 heteroatoms. The van der Waals surface area contributed by atoms with Gasteiger partial charge in [-0.1, -0.05) is 0 Å². The van der Waals surface area contributed by atoms with E-state index in [1.807, 2.05) is 0 Å². The molecule has 2 saturated heterocycles. The third kappa shape index (κ3) is 4.15. The summed E-state index contributed by atoms with van der Waals surface area (Å²) in [5, 5.41) is 0. The lowest BCUT2D eigenvalue weighted by Crippen LogP contribution is -2.49. The lowest BCUT2D eigenvalue weighted by molar-refractivity contribution is 0.107. The predicted molar refractivity (Wildman–Crippen MR) is 77.4 cm³/mol. The fraction of sp³-hybridized carbons (Fsp3) is 1.00. The van der Waals surface area contributed by atoms with Gasteiger partial charge in [-0.3, -0.25) is 0 Å². The van der Waals surface area contributed by atoms with Gasteiger partial charge in [0.05, 0.1) is 6.26 Å². The van der Waals surface area contributed by atoms with Crippen molar-refractivity contribution in [3.05, 3.63) is 0 Å². The van der Waals surface area contributed by atoms with E-state index < -0.39 is 10.0 Å².